The van der Waals surface area contributed by atoms with Crippen LogP contribution < -0.4 is 15.9 Å². The summed E-state index contributed by atoms with van der Waals surface area (Å²) in [6, 6.07) is 9.26. The fourth-order valence-corrected chi connectivity index (χ4v) is 3.24. The van der Waals surface area contributed by atoms with E-state index in [1.54, 1.807) is 6.07 Å². The molecule has 1 aliphatic heterocycles. The van der Waals surface area contributed by atoms with Gasteiger partial charge in [0, 0.05) is 10.9 Å². The van der Waals surface area contributed by atoms with Gasteiger partial charge in [-0.2, -0.15) is 10.2 Å². The van der Waals surface area contributed by atoms with Gasteiger partial charge in [0.05, 0.1) is 24.0 Å². The number of anilines is 1. The number of hydrogen-bond acceptors (Lipinski definition) is 7. The molecule has 26 heavy (non-hydrogen) atoms. The van der Waals surface area contributed by atoms with Gasteiger partial charge in [0.1, 0.15) is 5.75 Å². The van der Waals surface area contributed by atoms with E-state index >= 15 is 0 Å². The molecule has 0 bridgehead atoms. The van der Waals surface area contributed by atoms with Crippen molar-refractivity contribution in [3.63, 3.8) is 0 Å². The van der Waals surface area contributed by atoms with Crippen molar-refractivity contribution in [2.45, 2.75) is 12.8 Å². The van der Waals surface area contributed by atoms with Crippen molar-refractivity contribution in [2.24, 2.45) is 0 Å². The van der Waals surface area contributed by atoms with Crippen LogP contribution in [0.3, 0.4) is 0 Å². The second kappa shape index (κ2) is 6.64. The fraction of sp³-hybridized carbons (Fsp3) is 0.167. The average Bonchev–Trinajstić information content (AvgIpc) is 2.67. The molecule has 2 aromatic carbocycles. The molecule has 1 aromatic heterocycles. The minimum atomic E-state index is -1.32. The first-order chi connectivity index (χ1) is 12.7. The quantitative estimate of drug-likeness (QED) is 0.536. The summed E-state index contributed by atoms with van der Waals surface area (Å²) >= 11 is 0. The second-order valence-corrected chi connectivity index (χ2v) is 6.13. The Morgan fingerprint density at radius 3 is 3.04 bits per heavy atom. The first-order valence-electron chi connectivity index (χ1n) is 8.25. The molecule has 2 heterocycles. The predicted molar refractivity (Wildman–Crippen MR) is 98.0 cm³/mol. The van der Waals surface area contributed by atoms with Crippen molar-refractivity contribution < 1.29 is 19.2 Å². The second-order valence-electron chi connectivity index (χ2n) is 6.13. The Labute approximate surface area is 149 Å². The Kier molecular flexibility index (Phi) is 4.18. The van der Waals surface area contributed by atoms with Crippen LogP contribution in [0.25, 0.3) is 22.0 Å². The Bertz CT molecular complexity index is 996. The Morgan fingerprint density at radius 2 is 2.19 bits per heavy atom. The van der Waals surface area contributed by atoms with Gasteiger partial charge in [0.25, 0.3) is 6.47 Å². The van der Waals surface area contributed by atoms with E-state index in [9.17, 15) is 9.82 Å². The van der Waals surface area contributed by atoms with Crippen molar-refractivity contribution in [1.29, 1.82) is 0 Å². The highest BCUT2D eigenvalue weighted by atomic mass is 16.5. The summed E-state index contributed by atoms with van der Waals surface area (Å²) in [4.78, 5) is 10.6. The monoisotopic (exact) mass is 349 g/mol. The largest absolute Gasteiger partial charge is 0.561 e. The van der Waals surface area contributed by atoms with Crippen molar-refractivity contribution in [1.82, 2.24) is 10.2 Å². The van der Waals surface area contributed by atoms with Crippen LogP contribution in [0.15, 0.2) is 36.5 Å². The minimum Gasteiger partial charge on any atom is -0.508 e. The number of aromatic nitrogens is 2. The highest BCUT2D eigenvalue weighted by Gasteiger charge is 2.24. The molecule has 4 rings (SSSR count). The van der Waals surface area contributed by atoms with Crippen molar-refractivity contribution in [3.8, 4) is 16.9 Å². The fourth-order valence-electron chi connectivity index (χ4n) is 3.24. The Balaban J connectivity index is 1.89. The van der Waals surface area contributed by atoms with Gasteiger partial charge in [-0.1, -0.05) is 12.1 Å². The molecular weight excluding hydrogens is 333 g/mol. The molecule has 0 atom stereocenters. The number of carbonyl (C=O) groups excluding carboxylic acids is 1. The van der Waals surface area contributed by atoms with E-state index in [0.717, 1.165) is 40.7 Å². The lowest BCUT2D eigenvalue weighted by Gasteiger charge is -2.22. The number of carbonyl (C=O) groups is 1. The van der Waals surface area contributed by atoms with Crippen molar-refractivity contribution >= 4 is 35.6 Å². The van der Waals surface area contributed by atoms with Crippen LogP contribution in [0.1, 0.15) is 12.0 Å². The summed E-state index contributed by atoms with van der Waals surface area (Å²) in [5.74, 6) is 0.773. The standard InChI is InChI=1S/C18H16BN3O4/c20-16-9-21-22-17-7-11(3-4-14(16)17)15-8-13(19(24)26-10-23)6-12-2-1-5-25-18(12)15/h3-4,6-10,24H,1-2,5H2,(H2,20,22). The van der Waals surface area contributed by atoms with Gasteiger partial charge in [0.15, 0.2) is 0 Å². The Morgan fingerprint density at radius 1 is 1.31 bits per heavy atom. The van der Waals surface area contributed by atoms with Gasteiger partial charge in [-0.05, 0) is 47.6 Å². The lowest BCUT2D eigenvalue weighted by atomic mass is 9.76. The van der Waals surface area contributed by atoms with Crippen molar-refractivity contribution in [2.75, 3.05) is 12.3 Å². The van der Waals surface area contributed by atoms with E-state index in [1.165, 1.54) is 6.20 Å². The van der Waals surface area contributed by atoms with Crippen molar-refractivity contribution in [3.05, 3.63) is 42.1 Å². The molecule has 0 amide bonds. The van der Waals surface area contributed by atoms with Gasteiger partial charge in [-0.3, -0.25) is 4.79 Å². The van der Waals surface area contributed by atoms with Crippen LogP contribution >= 0.6 is 0 Å². The number of nitrogen functional groups attached to an aromatic ring is 1. The lowest BCUT2D eigenvalue weighted by molar-refractivity contribution is -0.121. The summed E-state index contributed by atoms with van der Waals surface area (Å²) < 4.78 is 10.6. The molecule has 0 unspecified atom stereocenters. The van der Waals surface area contributed by atoms with Gasteiger partial charge >= 0.3 is 7.12 Å². The van der Waals surface area contributed by atoms with Gasteiger partial charge in [-0.15, -0.1) is 0 Å². The van der Waals surface area contributed by atoms with Crippen LogP contribution in [0.2, 0.25) is 0 Å². The number of rotatable bonds is 4. The summed E-state index contributed by atoms with van der Waals surface area (Å²) in [5, 5.41) is 18.9. The maximum absolute atomic E-state index is 10.6. The summed E-state index contributed by atoms with van der Waals surface area (Å²) in [6.07, 6.45) is 3.23. The average molecular weight is 349 g/mol. The molecule has 0 radical (unpaired) electrons. The first-order valence-corrected chi connectivity index (χ1v) is 8.25. The van der Waals surface area contributed by atoms with E-state index < -0.39 is 7.12 Å². The van der Waals surface area contributed by atoms with E-state index in [0.29, 0.717) is 23.3 Å². The van der Waals surface area contributed by atoms with E-state index in [4.69, 9.17) is 15.1 Å². The Hall–Kier alpha value is -3.13. The molecule has 0 aliphatic carbocycles. The smallest absolute Gasteiger partial charge is 0.508 e. The molecule has 0 saturated heterocycles. The minimum absolute atomic E-state index is 0.231. The molecule has 8 heteroatoms. The van der Waals surface area contributed by atoms with Gasteiger partial charge < -0.3 is 20.1 Å². The van der Waals surface area contributed by atoms with Crippen LogP contribution in [0, 0.1) is 0 Å². The highest BCUT2D eigenvalue weighted by Crippen LogP contribution is 2.37. The topological polar surface area (TPSA) is 108 Å². The molecule has 7 nitrogen and oxygen atoms in total. The maximum atomic E-state index is 10.6. The lowest BCUT2D eigenvalue weighted by Crippen LogP contribution is -2.34. The van der Waals surface area contributed by atoms with Crippen LogP contribution in [0.5, 0.6) is 5.75 Å². The molecule has 1 aliphatic rings. The molecule has 3 N–H and O–H groups in total. The number of benzene rings is 2. The predicted octanol–water partition coefficient (Wildman–Crippen LogP) is 1.06. The zero-order valence-corrected chi connectivity index (χ0v) is 13.9. The zero-order chi connectivity index (χ0) is 18.1. The number of hydrogen-bond donors (Lipinski definition) is 2. The molecule has 0 fully saturated rings. The third-order valence-corrected chi connectivity index (χ3v) is 4.48. The SMILES string of the molecule is Nc1cnnc2cc(-c3cc(B(O)OC=O)cc4c3OCCC4)ccc12. The summed E-state index contributed by atoms with van der Waals surface area (Å²) in [5.41, 5.74) is 10.3. The highest BCUT2D eigenvalue weighted by molar-refractivity contribution is 6.61. The van der Waals surface area contributed by atoms with Crippen LogP contribution in [-0.2, 0) is 15.9 Å². The van der Waals surface area contributed by atoms with E-state index in [2.05, 4.69) is 10.2 Å². The first kappa shape index (κ1) is 16.3. The molecular formula is C18H16BN3O4. The van der Waals surface area contributed by atoms with Crippen LogP contribution in [-0.4, -0.2) is 35.4 Å². The normalized spacial score (nSPS) is 13.0. The number of nitrogens with two attached hydrogens (primary N) is 1. The number of nitrogens with zero attached hydrogens (tertiary/aromatic N) is 2. The number of ether oxygens (including phenoxy) is 1. The number of aryl methyl sites for hydroxylation is 1. The number of fused-ring (bicyclic) bond motifs is 2. The molecule has 0 saturated carbocycles. The zero-order valence-electron chi connectivity index (χ0n) is 13.9. The van der Waals surface area contributed by atoms with Gasteiger partial charge in [-0.25, -0.2) is 0 Å². The van der Waals surface area contributed by atoms with E-state index in [1.807, 2.05) is 24.3 Å². The summed E-state index contributed by atoms with van der Waals surface area (Å²) in [7, 11) is -1.32. The third-order valence-electron chi connectivity index (χ3n) is 4.48. The molecule has 0 spiro atoms. The molecule has 3 aromatic rings. The summed E-state index contributed by atoms with van der Waals surface area (Å²) in [6.45, 7) is 0.863. The van der Waals surface area contributed by atoms with Crippen LogP contribution in [0.4, 0.5) is 5.69 Å². The molecule has 130 valence electrons. The third kappa shape index (κ3) is 2.84. The van der Waals surface area contributed by atoms with Gasteiger partial charge in [0.2, 0.25) is 0 Å². The van der Waals surface area contributed by atoms with E-state index in [-0.39, 0.29) is 6.47 Å². The maximum Gasteiger partial charge on any atom is 0.561 e.